The lowest BCUT2D eigenvalue weighted by molar-refractivity contribution is -0.0450. The monoisotopic (exact) mass is 323 g/mol. The van der Waals surface area contributed by atoms with Crippen LogP contribution in [-0.4, -0.2) is 43.3 Å². The van der Waals surface area contributed by atoms with Crippen molar-refractivity contribution in [3.05, 3.63) is 27.0 Å². The molecule has 0 bridgehead atoms. The van der Waals surface area contributed by atoms with Gasteiger partial charge in [0, 0.05) is 12.6 Å². The SMILES string of the molecule is Nc1cn([C@H]2C[C@H](O)[C@@H](COP(=O)(O)O)O2)c(=O)[nH]c1=O. The van der Waals surface area contributed by atoms with Gasteiger partial charge in [0.15, 0.2) is 0 Å². The van der Waals surface area contributed by atoms with E-state index in [1.807, 2.05) is 4.98 Å². The smallest absolute Gasteiger partial charge is 0.393 e. The van der Waals surface area contributed by atoms with Crippen LogP contribution in [0.2, 0.25) is 0 Å². The third-order valence-corrected chi connectivity index (χ3v) is 3.40. The molecule has 118 valence electrons. The predicted octanol–water partition coefficient (Wildman–Crippen LogP) is -2.12. The summed E-state index contributed by atoms with van der Waals surface area (Å²) in [5.41, 5.74) is 3.67. The van der Waals surface area contributed by atoms with Crippen LogP contribution in [0.3, 0.4) is 0 Å². The number of H-pyrrole nitrogens is 1. The van der Waals surface area contributed by atoms with E-state index in [1.54, 1.807) is 0 Å². The van der Waals surface area contributed by atoms with Crippen LogP contribution in [0.4, 0.5) is 5.69 Å². The number of phosphoric acid groups is 1. The van der Waals surface area contributed by atoms with E-state index >= 15 is 0 Å². The largest absolute Gasteiger partial charge is 0.469 e. The highest BCUT2D eigenvalue weighted by Crippen LogP contribution is 2.38. The summed E-state index contributed by atoms with van der Waals surface area (Å²) >= 11 is 0. The molecule has 1 aromatic heterocycles. The fourth-order valence-electron chi connectivity index (χ4n) is 1.92. The van der Waals surface area contributed by atoms with Crippen LogP contribution < -0.4 is 17.0 Å². The Kier molecular flexibility index (Phi) is 4.33. The van der Waals surface area contributed by atoms with Crippen molar-refractivity contribution in [1.29, 1.82) is 0 Å². The van der Waals surface area contributed by atoms with Gasteiger partial charge in [-0.15, -0.1) is 0 Å². The summed E-state index contributed by atoms with van der Waals surface area (Å²) in [6.07, 6.45) is -2.01. The third-order valence-electron chi connectivity index (χ3n) is 2.92. The topological polar surface area (TPSA) is 177 Å². The first-order valence-electron chi connectivity index (χ1n) is 5.82. The fourth-order valence-corrected chi connectivity index (χ4v) is 2.26. The van der Waals surface area contributed by atoms with Crippen molar-refractivity contribution >= 4 is 13.5 Å². The minimum absolute atomic E-state index is 0.0272. The van der Waals surface area contributed by atoms with Crippen molar-refractivity contribution in [3.8, 4) is 0 Å². The number of anilines is 1. The molecule has 11 nitrogen and oxygen atoms in total. The van der Waals surface area contributed by atoms with E-state index in [9.17, 15) is 19.3 Å². The summed E-state index contributed by atoms with van der Waals surface area (Å²) in [5.74, 6) is 0. The van der Waals surface area contributed by atoms with Crippen LogP contribution in [0.15, 0.2) is 15.8 Å². The average molecular weight is 323 g/mol. The summed E-state index contributed by atoms with van der Waals surface area (Å²) in [6.45, 7) is -0.546. The molecule has 0 unspecified atom stereocenters. The molecule has 0 radical (unpaired) electrons. The third kappa shape index (κ3) is 3.79. The molecule has 0 aliphatic carbocycles. The molecule has 0 spiro atoms. The first-order valence-corrected chi connectivity index (χ1v) is 7.35. The molecule has 0 saturated carbocycles. The lowest BCUT2D eigenvalue weighted by atomic mass is 10.2. The Morgan fingerprint density at radius 2 is 2.19 bits per heavy atom. The highest BCUT2D eigenvalue weighted by Gasteiger charge is 2.37. The number of phosphoric ester groups is 1. The van der Waals surface area contributed by atoms with E-state index in [0.717, 1.165) is 10.8 Å². The van der Waals surface area contributed by atoms with E-state index in [4.69, 9.17) is 20.3 Å². The van der Waals surface area contributed by atoms with Gasteiger partial charge in [0.25, 0.3) is 5.56 Å². The molecule has 2 rings (SSSR count). The first-order chi connectivity index (χ1) is 9.67. The second-order valence-electron chi connectivity index (χ2n) is 4.47. The molecule has 21 heavy (non-hydrogen) atoms. The molecule has 6 N–H and O–H groups in total. The van der Waals surface area contributed by atoms with Crippen LogP contribution >= 0.6 is 7.82 Å². The van der Waals surface area contributed by atoms with E-state index in [2.05, 4.69) is 4.52 Å². The zero-order chi connectivity index (χ0) is 15.8. The van der Waals surface area contributed by atoms with Crippen LogP contribution in [0.25, 0.3) is 0 Å². The summed E-state index contributed by atoms with van der Waals surface area (Å²) in [7, 11) is -4.69. The molecule has 0 aromatic carbocycles. The molecule has 1 saturated heterocycles. The standard InChI is InChI=1S/C9H14N3O8P/c10-4-2-12(9(15)11-8(4)14)7-1-5(13)6(20-7)3-19-21(16,17)18/h2,5-7,13H,1,3,10H2,(H,11,14,15)(H2,16,17,18)/t5-,6+,7+/m0/s1. The number of rotatable bonds is 4. The first kappa shape index (κ1) is 15.9. The second kappa shape index (κ2) is 5.72. The maximum atomic E-state index is 11.6. The maximum absolute atomic E-state index is 11.6. The van der Waals surface area contributed by atoms with Gasteiger partial charge in [-0.1, -0.05) is 0 Å². The molecule has 1 fully saturated rings. The van der Waals surface area contributed by atoms with Gasteiger partial charge in [0.05, 0.1) is 12.7 Å². The van der Waals surface area contributed by atoms with Crippen LogP contribution in [-0.2, 0) is 13.8 Å². The average Bonchev–Trinajstić information content (AvgIpc) is 2.72. The van der Waals surface area contributed by atoms with Gasteiger partial charge in [-0.3, -0.25) is 18.9 Å². The lowest BCUT2D eigenvalue weighted by Crippen LogP contribution is -2.33. The zero-order valence-corrected chi connectivity index (χ0v) is 11.5. The van der Waals surface area contributed by atoms with Crippen LogP contribution in [0.1, 0.15) is 12.6 Å². The number of nitrogens with two attached hydrogens (primary N) is 1. The number of hydrogen-bond donors (Lipinski definition) is 5. The van der Waals surface area contributed by atoms with Gasteiger partial charge in [-0.05, 0) is 0 Å². The zero-order valence-electron chi connectivity index (χ0n) is 10.6. The van der Waals surface area contributed by atoms with Crippen LogP contribution in [0, 0.1) is 0 Å². The highest BCUT2D eigenvalue weighted by molar-refractivity contribution is 7.46. The van der Waals surface area contributed by atoms with Crippen molar-refractivity contribution in [2.45, 2.75) is 24.9 Å². The predicted molar refractivity (Wildman–Crippen MR) is 68.3 cm³/mol. The number of nitrogens with zero attached hydrogens (tertiary/aromatic N) is 1. The molecule has 1 aliphatic rings. The van der Waals surface area contributed by atoms with Gasteiger partial charge in [0.1, 0.15) is 18.0 Å². The summed E-state index contributed by atoms with van der Waals surface area (Å²) in [6, 6.07) is 0. The summed E-state index contributed by atoms with van der Waals surface area (Å²) < 4.78 is 21.1. The highest BCUT2D eigenvalue weighted by atomic mass is 31.2. The fraction of sp³-hybridized carbons (Fsp3) is 0.556. The van der Waals surface area contributed by atoms with Gasteiger partial charge < -0.3 is 25.4 Å². The number of hydrogen-bond acceptors (Lipinski definition) is 7. The Labute approximate surface area is 117 Å². The van der Waals surface area contributed by atoms with Gasteiger partial charge in [-0.2, -0.15) is 0 Å². The van der Waals surface area contributed by atoms with E-state index < -0.39 is 44.1 Å². The van der Waals surface area contributed by atoms with Crippen molar-refractivity contribution in [3.63, 3.8) is 0 Å². The number of aliphatic hydroxyl groups excluding tert-OH is 1. The number of aliphatic hydroxyl groups is 1. The Morgan fingerprint density at radius 3 is 2.81 bits per heavy atom. The van der Waals surface area contributed by atoms with E-state index in [0.29, 0.717) is 0 Å². The molecule has 2 heterocycles. The van der Waals surface area contributed by atoms with E-state index in [-0.39, 0.29) is 12.1 Å². The van der Waals surface area contributed by atoms with Crippen molar-refractivity contribution < 1.29 is 28.7 Å². The van der Waals surface area contributed by atoms with Gasteiger partial charge in [-0.25, -0.2) is 9.36 Å². The number of nitrogen functional groups attached to an aromatic ring is 1. The van der Waals surface area contributed by atoms with Crippen molar-refractivity contribution in [2.75, 3.05) is 12.3 Å². The number of aromatic amines is 1. The Hall–Kier alpha value is -1.49. The second-order valence-corrected chi connectivity index (χ2v) is 5.71. The molecule has 0 amide bonds. The molecule has 1 aromatic rings. The van der Waals surface area contributed by atoms with Crippen LogP contribution in [0.5, 0.6) is 0 Å². The summed E-state index contributed by atoms with van der Waals surface area (Å²) in [5, 5.41) is 9.76. The molecule has 12 heteroatoms. The maximum Gasteiger partial charge on any atom is 0.469 e. The molecular formula is C9H14N3O8P. The van der Waals surface area contributed by atoms with E-state index in [1.165, 1.54) is 0 Å². The molecule has 3 atom stereocenters. The summed E-state index contributed by atoms with van der Waals surface area (Å²) in [4.78, 5) is 42.0. The Morgan fingerprint density at radius 1 is 1.52 bits per heavy atom. The lowest BCUT2D eigenvalue weighted by Gasteiger charge is -2.16. The Bertz CT molecular complexity index is 678. The molecular weight excluding hydrogens is 309 g/mol. The normalized spacial score (nSPS) is 26.1. The van der Waals surface area contributed by atoms with Gasteiger partial charge >= 0.3 is 13.5 Å². The molecule has 1 aliphatic heterocycles. The number of nitrogens with one attached hydrogen (secondary N) is 1. The van der Waals surface area contributed by atoms with Crippen molar-refractivity contribution in [1.82, 2.24) is 9.55 Å². The van der Waals surface area contributed by atoms with Crippen molar-refractivity contribution in [2.24, 2.45) is 0 Å². The quantitative estimate of drug-likeness (QED) is 0.387. The minimum Gasteiger partial charge on any atom is -0.393 e. The number of aromatic nitrogens is 2. The van der Waals surface area contributed by atoms with Gasteiger partial charge in [0.2, 0.25) is 0 Å². The number of ether oxygens (including phenoxy) is 1. The Balaban J connectivity index is 2.14. The minimum atomic E-state index is -4.69.